The summed E-state index contributed by atoms with van der Waals surface area (Å²) in [6, 6.07) is 2.57. The van der Waals surface area contributed by atoms with Gasteiger partial charge in [0.05, 0.1) is 0 Å². The molecule has 5 heteroatoms. The fourth-order valence-corrected chi connectivity index (χ4v) is 2.84. The van der Waals surface area contributed by atoms with E-state index >= 15 is 0 Å². The molecule has 2 atom stereocenters. The lowest BCUT2D eigenvalue weighted by atomic mass is 10.1. The van der Waals surface area contributed by atoms with E-state index < -0.39 is 11.6 Å². The predicted molar refractivity (Wildman–Crippen MR) is 72.6 cm³/mol. The van der Waals surface area contributed by atoms with Crippen molar-refractivity contribution in [3.05, 3.63) is 29.3 Å². The quantitative estimate of drug-likeness (QED) is 0.653. The Kier molecular flexibility index (Phi) is 3.73. The molecule has 1 saturated heterocycles. The van der Waals surface area contributed by atoms with Gasteiger partial charge in [-0.15, -0.1) is 0 Å². The Labute approximate surface area is 111 Å². The smallest absolute Gasteiger partial charge is 0.150 e. The van der Waals surface area contributed by atoms with Crippen LogP contribution in [0.15, 0.2) is 12.1 Å². The third-order valence-corrected chi connectivity index (χ3v) is 3.84. The second kappa shape index (κ2) is 5.15. The number of anilines is 1. The first-order chi connectivity index (χ1) is 8.95. The number of benzene rings is 1. The maximum absolute atomic E-state index is 14.2. The van der Waals surface area contributed by atoms with Gasteiger partial charge in [-0.3, -0.25) is 5.41 Å². The fraction of sp³-hybridized carbons (Fsp3) is 0.500. The minimum absolute atomic E-state index is 0.0156. The van der Waals surface area contributed by atoms with Crippen LogP contribution < -0.4 is 10.6 Å². The monoisotopic (exact) mass is 267 g/mol. The summed E-state index contributed by atoms with van der Waals surface area (Å²) in [5, 5.41) is 7.25. The van der Waals surface area contributed by atoms with E-state index in [1.165, 1.54) is 0 Å². The molecule has 0 amide bonds. The lowest BCUT2D eigenvalue weighted by Gasteiger charge is -2.31. The molecule has 0 saturated carbocycles. The van der Waals surface area contributed by atoms with Gasteiger partial charge in [-0.1, -0.05) is 6.92 Å². The van der Waals surface area contributed by atoms with Gasteiger partial charge in [0.2, 0.25) is 0 Å². The molecule has 19 heavy (non-hydrogen) atoms. The maximum atomic E-state index is 14.2. The standard InChI is InChI=1S/C14H19F2N3/c1-3-10-5-4-8(2)19(10)13-11(15)6-9(14(17)18)7-12(13)16/h6-8,10H,3-5H2,1-2H3,(H3,17,18). The first kappa shape index (κ1) is 13.8. The zero-order valence-electron chi connectivity index (χ0n) is 11.2. The molecule has 2 unspecified atom stereocenters. The van der Waals surface area contributed by atoms with E-state index in [1.54, 1.807) is 0 Å². The summed E-state index contributed by atoms with van der Waals surface area (Å²) < 4.78 is 28.3. The van der Waals surface area contributed by atoms with Gasteiger partial charge in [-0.05, 0) is 38.3 Å². The van der Waals surface area contributed by atoms with Crippen LogP contribution in [0.3, 0.4) is 0 Å². The fourth-order valence-electron chi connectivity index (χ4n) is 2.84. The average Bonchev–Trinajstić information content (AvgIpc) is 2.70. The lowest BCUT2D eigenvalue weighted by Crippen LogP contribution is -2.35. The van der Waals surface area contributed by atoms with Crippen molar-refractivity contribution in [1.82, 2.24) is 0 Å². The average molecular weight is 267 g/mol. The first-order valence-electron chi connectivity index (χ1n) is 6.57. The van der Waals surface area contributed by atoms with Gasteiger partial charge >= 0.3 is 0 Å². The van der Waals surface area contributed by atoms with E-state index in [0.717, 1.165) is 31.4 Å². The Hall–Kier alpha value is -1.65. The van der Waals surface area contributed by atoms with E-state index in [2.05, 4.69) is 0 Å². The zero-order chi connectivity index (χ0) is 14.2. The molecule has 0 aromatic heterocycles. The minimum Gasteiger partial charge on any atom is -0.384 e. The van der Waals surface area contributed by atoms with Crippen LogP contribution in [0.4, 0.5) is 14.5 Å². The summed E-state index contributed by atoms with van der Waals surface area (Å²) in [6.07, 6.45) is 2.74. The number of halogens is 2. The number of rotatable bonds is 3. The number of hydrogen-bond donors (Lipinski definition) is 2. The summed E-state index contributed by atoms with van der Waals surface area (Å²) in [7, 11) is 0. The van der Waals surface area contributed by atoms with E-state index in [4.69, 9.17) is 11.1 Å². The highest BCUT2D eigenvalue weighted by atomic mass is 19.1. The normalized spacial score (nSPS) is 22.8. The van der Waals surface area contributed by atoms with Gasteiger partial charge in [-0.25, -0.2) is 8.78 Å². The van der Waals surface area contributed by atoms with Crippen molar-refractivity contribution in [3.63, 3.8) is 0 Å². The largest absolute Gasteiger partial charge is 0.384 e. The van der Waals surface area contributed by atoms with Crippen molar-refractivity contribution >= 4 is 11.5 Å². The number of nitrogens with zero attached hydrogens (tertiary/aromatic N) is 1. The van der Waals surface area contributed by atoms with E-state index in [1.807, 2.05) is 18.7 Å². The molecule has 104 valence electrons. The van der Waals surface area contributed by atoms with Gasteiger partial charge in [0, 0.05) is 17.6 Å². The second-order valence-electron chi connectivity index (χ2n) is 5.10. The molecular formula is C14H19F2N3. The molecule has 0 spiro atoms. The molecule has 0 bridgehead atoms. The van der Waals surface area contributed by atoms with Gasteiger partial charge in [0.1, 0.15) is 23.2 Å². The topological polar surface area (TPSA) is 53.1 Å². The molecule has 1 aliphatic heterocycles. The van der Waals surface area contributed by atoms with Crippen LogP contribution in [0.2, 0.25) is 0 Å². The molecular weight excluding hydrogens is 248 g/mol. The number of nitrogen functional groups attached to an aromatic ring is 1. The van der Waals surface area contributed by atoms with Crippen LogP contribution in [0.25, 0.3) is 0 Å². The third kappa shape index (κ3) is 2.41. The molecule has 1 heterocycles. The Bertz CT molecular complexity index is 478. The number of nitrogens with two attached hydrogens (primary N) is 1. The molecule has 0 radical (unpaired) electrons. The molecule has 0 aliphatic carbocycles. The molecule has 3 nitrogen and oxygen atoms in total. The number of hydrogen-bond acceptors (Lipinski definition) is 2. The predicted octanol–water partition coefficient (Wildman–Crippen LogP) is 3.02. The van der Waals surface area contributed by atoms with E-state index in [9.17, 15) is 8.78 Å². The molecule has 3 N–H and O–H groups in total. The lowest BCUT2D eigenvalue weighted by molar-refractivity contribution is 0.542. The van der Waals surface area contributed by atoms with Crippen LogP contribution >= 0.6 is 0 Å². The van der Waals surface area contributed by atoms with Crippen molar-refractivity contribution < 1.29 is 8.78 Å². The summed E-state index contributed by atoms with van der Waals surface area (Å²) >= 11 is 0. The molecule has 1 aromatic rings. The van der Waals surface area contributed by atoms with Crippen molar-refractivity contribution in [1.29, 1.82) is 5.41 Å². The summed E-state index contributed by atoms with van der Waals surface area (Å²) in [4.78, 5) is 1.83. The molecule has 1 aliphatic rings. The van der Waals surface area contributed by atoms with Crippen molar-refractivity contribution in [2.45, 2.75) is 45.2 Å². The molecule has 2 rings (SSSR count). The highest BCUT2D eigenvalue weighted by Gasteiger charge is 2.33. The molecule has 1 fully saturated rings. The van der Waals surface area contributed by atoms with Crippen molar-refractivity contribution in [2.24, 2.45) is 5.73 Å². The Morgan fingerprint density at radius 2 is 1.95 bits per heavy atom. The van der Waals surface area contributed by atoms with Crippen LogP contribution in [-0.4, -0.2) is 17.9 Å². The van der Waals surface area contributed by atoms with Crippen LogP contribution in [0, 0.1) is 17.0 Å². The van der Waals surface area contributed by atoms with Gasteiger partial charge in [0.15, 0.2) is 0 Å². The number of amidine groups is 1. The van der Waals surface area contributed by atoms with E-state index in [-0.39, 0.29) is 29.2 Å². The summed E-state index contributed by atoms with van der Waals surface area (Å²) in [6.45, 7) is 4.00. The Balaban J connectivity index is 2.47. The van der Waals surface area contributed by atoms with Gasteiger partial charge in [0.25, 0.3) is 0 Å². The minimum atomic E-state index is -0.641. The SMILES string of the molecule is CCC1CCC(C)N1c1c(F)cc(C(=N)N)cc1F. The zero-order valence-corrected chi connectivity index (χ0v) is 11.2. The highest BCUT2D eigenvalue weighted by Crippen LogP contribution is 2.35. The highest BCUT2D eigenvalue weighted by molar-refractivity contribution is 5.95. The summed E-state index contributed by atoms with van der Waals surface area (Å²) in [5.41, 5.74) is 5.37. The van der Waals surface area contributed by atoms with Gasteiger partial charge in [-0.2, -0.15) is 0 Å². The summed E-state index contributed by atoms with van der Waals surface area (Å²) in [5.74, 6) is -1.61. The first-order valence-corrected chi connectivity index (χ1v) is 6.57. The van der Waals surface area contributed by atoms with Crippen LogP contribution in [-0.2, 0) is 0 Å². The Morgan fingerprint density at radius 1 is 1.37 bits per heavy atom. The molecule has 1 aromatic carbocycles. The second-order valence-corrected chi connectivity index (χ2v) is 5.10. The van der Waals surface area contributed by atoms with Crippen LogP contribution in [0.5, 0.6) is 0 Å². The Morgan fingerprint density at radius 3 is 2.42 bits per heavy atom. The van der Waals surface area contributed by atoms with Gasteiger partial charge < -0.3 is 10.6 Å². The third-order valence-electron chi connectivity index (χ3n) is 3.84. The van der Waals surface area contributed by atoms with E-state index in [0.29, 0.717) is 0 Å². The van der Waals surface area contributed by atoms with Crippen LogP contribution in [0.1, 0.15) is 38.7 Å². The maximum Gasteiger partial charge on any atom is 0.150 e. The van der Waals surface area contributed by atoms with Crippen molar-refractivity contribution in [2.75, 3.05) is 4.90 Å². The number of nitrogens with one attached hydrogen (secondary N) is 1. The van der Waals surface area contributed by atoms with Crippen molar-refractivity contribution in [3.8, 4) is 0 Å².